The van der Waals surface area contributed by atoms with Gasteiger partial charge in [0.05, 0.1) is 11.3 Å². The summed E-state index contributed by atoms with van der Waals surface area (Å²) in [5, 5.41) is 12.9. The van der Waals surface area contributed by atoms with E-state index in [1.54, 1.807) is 11.3 Å². The van der Waals surface area contributed by atoms with Gasteiger partial charge in [-0.15, -0.1) is 0 Å². The number of carboxylic acids is 1. The van der Waals surface area contributed by atoms with Crippen LogP contribution in [-0.2, 0) is 0 Å². The fourth-order valence-corrected chi connectivity index (χ4v) is 2.17. The Kier molecular flexibility index (Phi) is 3.19. The summed E-state index contributed by atoms with van der Waals surface area (Å²) >= 11 is 1.56. The number of rotatable bonds is 3. The third-order valence-electron chi connectivity index (χ3n) is 2.37. The molecule has 0 atom stereocenters. The van der Waals surface area contributed by atoms with Crippen molar-refractivity contribution in [2.45, 2.75) is 19.8 Å². The van der Waals surface area contributed by atoms with Crippen LogP contribution in [0.3, 0.4) is 0 Å². The predicted molar refractivity (Wildman–Crippen MR) is 66.4 cm³/mol. The summed E-state index contributed by atoms with van der Waals surface area (Å²) in [5.41, 5.74) is 1.68. The summed E-state index contributed by atoms with van der Waals surface area (Å²) in [6, 6.07) is 1.92. The zero-order valence-corrected chi connectivity index (χ0v) is 10.4. The summed E-state index contributed by atoms with van der Waals surface area (Å²) in [6.45, 7) is 3.85. The monoisotopic (exact) mass is 248 g/mol. The molecule has 0 aromatic carbocycles. The third kappa shape index (κ3) is 2.34. The van der Waals surface area contributed by atoms with Crippen molar-refractivity contribution < 1.29 is 9.90 Å². The molecule has 0 aliphatic rings. The van der Waals surface area contributed by atoms with Gasteiger partial charge < -0.3 is 5.11 Å². The van der Waals surface area contributed by atoms with E-state index in [0.717, 1.165) is 5.56 Å². The summed E-state index contributed by atoms with van der Waals surface area (Å²) in [7, 11) is 0. The highest BCUT2D eigenvalue weighted by atomic mass is 32.1. The molecule has 2 aromatic rings. The number of aromatic carboxylic acids is 1. The quantitative estimate of drug-likeness (QED) is 0.906. The second kappa shape index (κ2) is 4.63. The fourth-order valence-electron chi connectivity index (χ4n) is 1.53. The van der Waals surface area contributed by atoms with Crippen LogP contribution in [0.4, 0.5) is 0 Å². The number of carbonyl (C=O) groups is 1. The van der Waals surface area contributed by atoms with Gasteiger partial charge in [0.1, 0.15) is 0 Å². The van der Waals surface area contributed by atoms with Crippen LogP contribution < -0.4 is 0 Å². The van der Waals surface area contributed by atoms with E-state index in [0.29, 0.717) is 11.5 Å². The number of thiophene rings is 1. The van der Waals surface area contributed by atoms with Gasteiger partial charge in [-0.25, -0.2) is 14.8 Å². The largest absolute Gasteiger partial charge is 0.478 e. The van der Waals surface area contributed by atoms with Gasteiger partial charge in [0.15, 0.2) is 5.82 Å². The van der Waals surface area contributed by atoms with Gasteiger partial charge in [-0.3, -0.25) is 0 Å². The van der Waals surface area contributed by atoms with Gasteiger partial charge in [0, 0.05) is 17.1 Å². The molecule has 0 unspecified atom stereocenters. The first kappa shape index (κ1) is 11.7. The Balaban J connectivity index is 2.53. The molecular formula is C12H12N2O2S. The Morgan fingerprint density at radius 1 is 1.47 bits per heavy atom. The van der Waals surface area contributed by atoms with Crippen LogP contribution in [0.2, 0.25) is 0 Å². The molecule has 0 fully saturated rings. The second-order valence-corrected chi connectivity index (χ2v) is 4.74. The zero-order chi connectivity index (χ0) is 12.4. The van der Waals surface area contributed by atoms with Gasteiger partial charge in [-0.1, -0.05) is 13.8 Å². The average molecular weight is 248 g/mol. The minimum atomic E-state index is -0.981. The van der Waals surface area contributed by atoms with Crippen molar-refractivity contribution in [3.05, 3.63) is 34.3 Å². The van der Waals surface area contributed by atoms with Gasteiger partial charge in [0.25, 0.3) is 0 Å². The van der Waals surface area contributed by atoms with Crippen LogP contribution in [0.5, 0.6) is 0 Å². The fraction of sp³-hybridized carbons (Fsp3) is 0.250. The summed E-state index contributed by atoms with van der Waals surface area (Å²) < 4.78 is 0. The molecule has 0 saturated carbocycles. The molecule has 0 radical (unpaired) electrons. The van der Waals surface area contributed by atoms with E-state index in [1.165, 1.54) is 6.20 Å². The van der Waals surface area contributed by atoms with E-state index in [9.17, 15) is 4.79 Å². The molecule has 2 aromatic heterocycles. The highest BCUT2D eigenvalue weighted by molar-refractivity contribution is 7.08. The van der Waals surface area contributed by atoms with Crippen molar-refractivity contribution in [2.75, 3.05) is 0 Å². The Labute approximate surface area is 103 Å². The maximum absolute atomic E-state index is 11.0. The molecule has 0 aliphatic heterocycles. The molecule has 0 aliphatic carbocycles. The van der Waals surface area contributed by atoms with E-state index < -0.39 is 5.97 Å². The molecule has 2 heterocycles. The van der Waals surface area contributed by atoms with Gasteiger partial charge in [0.2, 0.25) is 0 Å². The molecule has 17 heavy (non-hydrogen) atoms. The van der Waals surface area contributed by atoms with E-state index in [2.05, 4.69) is 9.97 Å². The molecule has 0 saturated heterocycles. The van der Waals surface area contributed by atoms with E-state index in [1.807, 2.05) is 30.7 Å². The highest BCUT2D eigenvalue weighted by Gasteiger charge is 2.16. The molecular weight excluding hydrogens is 236 g/mol. The van der Waals surface area contributed by atoms with E-state index in [-0.39, 0.29) is 11.5 Å². The standard InChI is InChI=1S/C12H12N2O2S/c1-7(2)10-9(12(15)16)5-13-11(14-10)8-3-4-17-6-8/h3-7H,1-2H3,(H,15,16). The Hall–Kier alpha value is -1.75. The third-order valence-corrected chi connectivity index (χ3v) is 3.06. The first-order valence-corrected chi connectivity index (χ1v) is 6.16. The normalized spacial score (nSPS) is 10.8. The maximum atomic E-state index is 11.0. The molecule has 0 bridgehead atoms. The first-order valence-electron chi connectivity index (χ1n) is 5.22. The van der Waals surface area contributed by atoms with Crippen molar-refractivity contribution in [3.8, 4) is 11.4 Å². The number of hydrogen-bond acceptors (Lipinski definition) is 4. The molecule has 88 valence electrons. The molecule has 0 spiro atoms. The highest BCUT2D eigenvalue weighted by Crippen LogP contribution is 2.22. The number of nitrogens with zero attached hydrogens (tertiary/aromatic N) is 2. The predicted octanol–water partition coefficient (Wildman–Crippen LogP) is 3.03. The SMILES string of the molecule is CC(C)c1nc(-c2ccsc2)ncc1C(=O)O. The summed E-state index contributed by atoms with van der Waals surface area (Å²) in [5.74, 6) is -0.341. The van der Waals surface area contributed by atoms with Crippen molar-refractivity contribution in [3.63, 3.8) is 0 Å². The lowest BCUT2D eigenvalue weighted by Gasteiger charge is -2.09. The van der Waals surface area contributed by atoms with Crippen LogP contribution >= 0.6 is 11.3 Å². The Bertz CT molecular complexity index is 535. The van der Waals surface area contributed by atoms with E-state index in [4.69, 9.17) is 5.11 Å². The zero-order valence-electron chi connectivity index (χ0n) is 9.54. The van der Waals surface area contributed by atoms with E-state index >= 15 is 0 Å². The Morgan fingerprint density at radius 3 is 2.76 bits per heavy atom. The second-order valence-electron chi connectivity index (χ2n) is 3.96. The van der Waals surface area contributed by atoms with Crippen molar-refractivity contribution in [2.24, 2.45) is 0 Å². The summed E-state index contributed by atoms with van der Waals surface area (Å²) in [6.07, 6.45) is 1.39. The lowest BCUT2D eigenvalue weighted by molar-refractivity contribution is 0.0694. The van der Waals surface area contributed by atoms with Crippen molar-refractivity contribution in [1.29, 1.82) is 0 Å². The molecule has 2 rings (SSSR count). The lowest BCUT2D eigenvalue weighted by Crippen LogP contribution is -2.08. The van der Waals surface area contributed by atoms with Crippen LogP contribution in [0, 0.1) is 0 Å². The lowest BCUT2D eigenvalue weighted by atomic mass is 10.1. The number of aromatic nitrogens is 2. The maximum Gasteiger partial charge on any atom is 0.339 e. The van der Waals surface area contributed by atoms with Gasteiger partial charge >= 0.3 is 5.97 Å². The van der Waals surface area contributed by atoms with Crippen LogP contribution in [-0.4, -0.2) is 21.0 Å². The minimum absolute atomic E-state index is 0.0569. The summed E-state index contributed by atoms with van der Waals surface area (Å²) in [4.78, 5) is 19.5. The smallest absolute Gasteiger partial charge is 0.339 e. The minimum Gasteiger partial charge on any atom is -0.478 e. The average Bonchev–Trinajstić information content (AvgIpc) is 2.81. The number of carboxylic acid groups (broad SMARTS) is 1. The molecule has 4 nitrogen and oxygen atoms in total. The molecule has 1 N–H and O–H groups in total. The topological polar surface area (TPSA) is 63.1 Å². The number of hydrogen-bond donors (Lipinski definition) is 1. The van der Waals surface area contributed by atoms with Crippen molar-refractivity contribution >= 4 is 17.3 Å². The van der Waals surface area contributed by atoms with Crippen molar-refractivity contribution in [1.82, 2.24) is 9.97 Å². The molecule has 5 heteroatoms. The van der Waals surface area contributed by atoms with Crippen LogP contribution in [0.25, 0.3) is 11.4 Å². The Morgan fingerprint density at radius 2 is 2.24 bits per heavy atom. The van der Waals surface area contributed by atoms with Crippen LogP contribution in [0.1, 0.15) is 35.8 Å². The first-order chi connectivity index (χ1) is 8.09. The van der Waals surface area contributed by atoms with Crippen LogP contribution in [0.15, 0.2) is 23.0 Å². The molecule has 0 amide bonds. The van der Waals surface area contributed by atoms with Gasteiger partial charge in [-0.2, -0.15) is 11.3 Å². The van der Waals surface area contributed by atoms with Gasteiger partial charge in [-0.05, 0) is 17.4 Å².